The Bertz CT molecular complexity index is 649. The molecule has 2 aliphatic heterocycles. The number of nitrogens with one attached hydrogen (secondary N) is 1. The summed E-state index contributed by atoms with van der Waals surface area (Å²) in [5.74, 6) is 1.86. The lowest BCUT2D eigenvalue weighted by Gasteiger charge is -2.29. The number of nitrogens with zero attached hydrogens (tertiary/aromatic N) is 3. The summed E-state index contributed by atoms with van der Waals surface area (Å²) in [6, 6.07) is 10.8. The van der Waals surface area contributed by atoms with Crippen molar-refractivity contribution in [2.45, 2.75) is 35.8 Å². The molecule has 1 aromatic carbocycles. The van der Waals surface area contributed by atoms with Crippen molar-refractivity contribution in [2.75, 3.05) is 59.0 Å². The zero-order valence-corrected chi connectivity index (χ0v) is 20.7. The lowest BCUT2D eigenvalue weighted by molar-refractivity contribution is 0.0315. The van der Waals surface area contributed by atoms with Gasteiger partial charge in [0, 0.05) is 48.9 Å². The van der Waals surface area contributed by atoms with Gasteiger partial charge in [-0.25, -0.2) is 0 Å². The van der Waals surface area contributed by atoms with Crippen LogP contribution in [-0.2, 0) is 4.74 Å². The van der Waals surface area contributed by atoms with E-state index in [9.17, 15) is 0 Å². The quantitative estimate of drug-likeness (QED) is 0.332. The molecular weight excluding hydrogens is 495 g/mol. The Labute approximate surface area is 197 Å². The third kappa shape index (κ3) is 6.74. The predicted octanol–water partition coefficient (Wildman–Crippen LogP) is 3.55. The van der Waals surface area contributed by atoms with Crippen molar-refractivity contribution in [3.8, 4) is 0 Å². The molecule has 0 bridgehead atoms. The van der Waals surface area contributed by atoms with E-state index in [1.54, 1.807) is 0 Å². The number of halogens is 1. The van der Waals surface area contributed by atoms with Crippen LogP contribution in [0, 0.1) is 5.92 Å². The van der Waals surface area contributed by atoms with E-state index in [0.717, 1.165) is 64.4 Å². The number of hydrogen-bond acceptors (Lipinski definition) is 4. The minimum Gasteiger partial charge on any atom is -0.379 e. The molecule has 1 unspecified atom stereocenters. The first-order chi connectivity index (χ1) is 13.8. The predicted molar refractivity (Wildman–Crippen MR) is 133 cm³/mol. The molecule has 162 valence electrons. The SMILES string of the molecule is CCNC(=NCC1(Sc2ccccc2)CC1)N1CCC(CN2CCOCC2)C1.I. The number of ether oxygens (including phenoxy) is 1. The van der Waals surface area contributed by atoms with E-state index in [0.29, 0.717) is 4.75 Å². The first-order valence-corrected chi connectivity index (χ1v) is 11.7. The van der Waals surface area contributed by atoms with Crippen LogP contribution in [0.5, 0.6) is 0 Å². The van der Waals surface area contributed by atoms with E-state index < -0.39 is 0 Å². The van der Waals surface area contributed by atoms with E-state index in [2.05, 4.69) is 52.4 Å². The van der Waals surface area contributed by atoms with Gasteiger partial charge in [-0.05, 0) is 44.2 Å². The van der Waals surface area contributed by atoms with Crippen molar-refractivity contribution in [1.82, 2.24) is 15.1 Å². The minimum absolute atomic E-state index is 0. The van der Waals surface area contributed by atoms with Gasteiger partial charge in [-0.3, -0.25) is 9.89 Å². The summed E-state index contributed by atoms with van der Waals surface area (Å²) in [6.45, 7) is 11.4. The van der Waals surface area contributed by atoms with Crippen molar-refractivity contribution >= 4 is 41.7 Å². The summed E-state index contributed by atoms with van der Waals surface area (Å²) in [5, 5.41) is 3.55. The number of hydrogen-bond donors (Lipinski definition) is 1. The molecule has 0 aromatic heterocycles. The smallest absolute Gasteiger partial charge is 0.193 e. The molecule has 29 heavy (non-hydrogen) atoms. The highest BCUT2D eigenvalue weighted by Gasteiger charge is 2.44. The molecular formula is C22H35IN4OS. The van der Waals surface area contributed by atoms with Crippen LogP contribution in [0.3, 0.4) is 0 Å². The number of thioether (sulfide) groups is 1. The lowest BCUT2D eigenvalue weighted by atomic mass is 10.1. The fraction of sp³-hybridized carbons (Fsp3) is 0.682. The van der Waals surface area contributed by atoms with Crippen molar-refractivity contribution in [3.05, 3.63) is 30.3 Å². The summed E-state index contributed by atoms with van der Waals surface area (Å²) in [5.41, 5.74) is 0. The molecule has 0 radical (unpaired) electrons. The normalized spacial score (nSPS) is 24.2. The Morgan fingerprint density at radius 3 is 2.66 bits per heavy atom. The zero-order chi connectivity index (χ0) is 19.2. The highest BCUT2D eigenvalue weighted by Crippen LogP contribution is 2.51. The second-order valence-corrected chi connectivity index (χ2v) is 9.82. The van der Waals surface area contributed by atoms with E-state index in [-0.39, 0.29) is 24.0 Å². The van der Waals surface area contributed by atoms with Gasteiger partial charge in [0.15, 0.2) is 5.96 Å². The molecule has 1 saturated carbocycles. The number of guanidine groups is 1. The van der Waals surface area contributed by atoms with E-state index in [4.69, 9.17) is 9.73 Å². The fourth-order valence-electron chi connectivity index (χ4n) is 4.14. The highest BCUT2D eigenvalue weighted by molar-refractivity contribution is 14.0. The van der Waals surface area contributed by atoms with Gasteiger partial charge in [0.05, 0.1) is 19.8 Å². The van der Waals surface area contributed by atoms with Crippen molar-refractivity contribution in [3.63, 3.8) is 0 Å². The third-order valence-electron chi connectivity index (χ3n) is 5.94. The Morgan fingerprint density at radius 2 is 1.97 bits per heavy atom. The maximum Gasteiger partial charge on any atom is 0.193 e. The second-order valence-electron chi connectivity index (χ2n) is 8.28. The van der Waals surface area contributed by atoms with Gasteiger partial charge in [0.2, 0.25) is 0 Å². The molecule has 2 heterocycles. The van der Waals surface area contributed by atoms with Gasteiger partial charge in [-0.1, -0.05) is 18.2 Å². The monoisotopic (exact) mass is 530 g/mol. The molecule has 0 spiro atoms. The summed E-state index contributed by atoms with van der Waals surface area (Å²) in [7, 11) is 0. The molecule has 1 N–H and O–H groups in total. The summed E-state index contributed by atoms with van der Waals surface area (Å²) >= 11 is 2.01. The minimum atomic E-state index is 0. The average molecular weight is 531 g/mol. The maximum atomic E-state index is 5.48. The molecule has 2 saturated heterocycles. The van der Waals surface area contributed by atoms with Crippen LogP contribution in [0.4, 0.5) is 0 Å². The van der Waals surface area contributed by atoms with Gasteiger partial charge in [0.25, 0.3) is 0 Å². The van der Waals surface area contributed by atoms with Crippen LogP contribution in [0.25, 0.3) is 0 Å². The zero-order valence-electron chi connectivity index (χ0n) is 17.5. The van der Waals surface area contributed by atoms with Crippen molar-refractivity contribution < 1.29 is 4.74 Å². The molecule has 3 aliphatic rings. The standard InChI is InChI=1S/C22H34N4OS.HI/c1-2-23-21(24-18-22(9-10-22)28-20-6-4-3-5-7-20)26-11-8-19(17-26)16-25-12-14-27-15-13-25;/h3-7,19H,2,8-18H2,1H3,(H,23,24);1H. The van der Waals surface area contributed by atoms with Crippen LogP contribution >= 0.6 is 35.7 Å². The molecule has 7 heteroatoms. The largest absolute Gasteiger partial charge is 0.379 e. The van der Waals surface area contributed by atoms with E-state index in [1.807, 2.05) is 11.8 Å². The number of morpholine rings is 1. The fourth-order valence-corrected chi connectivity index (χ4v) is 5.37. The topological polar surface area (TPSA) is 40.1 Å². The summed E-state index contributed by atoms with van der Waals surface area (Å²) < 4.78 is 5.80. The summed E-state index contributed by atoms with van der Waals surface area (Å²) in [4.78, 5) is 11.5. The van der Waals surface area contributed by atoms with Crippen molar-refractivity contribution in [2.24, 2.45) is 10.9 Å². The van der Waals surface area contributed by atoms with E-state index >= 15 is 0 Å². The molecule has 1 atom stereocenters. The number of likely N-dealkylation sites (tertiary alicyclic amines) is 1. The number of aliphatic imine (C=N–C) groups is 1. The molecule has 5 nitrogen and oxygen atoms in total. The Morgan fingerprint density at radius 1 is 1.21 bits per heavy atom. The number of rotatable bonds is 7. The van der Waals surface area contributed by atoms with Crippen molar-refractivity contribution in [1.29, 1.82) is 0 Å². The third-order valence-corrected chi connectivity index (χ3v) is 7.42. The molecule has 0 amide bonds. The van der Waals surface area contributed by atoms with Crippen LogP contribution in [-0.4, -0.2) is 79.5 Å². The lowest BCUT2D eigenvalue weighted by Crippen LogP contribution is -2.42. The molecule has 1 aliphatic carbocycles. The van der Waals surface area contributed by atoms with Crippen LogP contribution in [0.1, 0.15) is 26.2 Å². The molecule has 4 rings (SSSR count). The molecule has 1 aromatic rings. The van der Waals surface area contributed by atoms with Gasteiger partial charge in [-0.15, -0.1) is 35.7 Å². The van der Waals surface area contributed by atoms with Crippen LogP contribution < -0.4 is 5.32 Å². The second kappa shape index (κ2) is 11.2. The van der Waals surface area contributed by atoms with Gasteiger partial charge >= 0.3 is 0 Å². The Hall–Kier alpha value is -0.510. The average Bonchev–Trinajstić information content (AvgIpc) is 3.33. The van der Waals surface area contributed by atoms with Gasteiger partial charge in [0.1, 0.15) is 0 Å². The first kappa shape index (κ1) is 23.2. The Kier molecular flexibility index (Phi) is 8.95. The highest BCUT2D eigenvalue weighted by atomic mass is 127. The Balaban J connectivity index is 0.00000240. The number of benzene rings is 1. The van der Waals surface area contributed by atoms with E-state index in [1.165, 1.54) is 30.7 Å². The maximum absolute atomic E-state index is 5.48. The molecule has 3 fully saturated rings. The van der Waals surface area contributed by atoms with Crippen LogP contribution in [0.15, 0.2) is 40.2 Å². The first-order valence-electron chi connectivity index (χ1n) is 10.8. The van der Waals surface area contributed by atoms with Gasteiger partial charge < -0.3 is 15.0 Å². The van der Waals surface area contributed by atoms with Crippen LogP contribution in [0.2, 0.25) is 0 Å². The summed E-state index contributed by atoms with van der Waals surface area (Å²) in [6.07, 6.45) is 3.82. The van der Waals surface area contributed by atoms with Gasteiger partial charge in [-0.2, -0.15) is 0 Å².